The van der Waals surface area contributed by atoms with Crippen LogP contribution in [0.5, 0.6) is 0 Å². The summed E-state index contributed by atoms with van der Waals surface area (Å²) in [7, 11) is 0. The Bertz CT molecular complexity index is 584. The summed E-state index contributed by atoms with van der Waals surface area (Å²) in [5, 5.41) is 6.55. The molecular weight excluding hydrogens is 304 g/mol. The normalized spacial score (nSPS) is 10.3. The molecule has 19 heavy (non-hydrogen) atoms. The maximum absolute atomic E-state index is 4.30. The van der Waals surface area contributed by atoms with E-state index in [1.807, 2.05) is 19.9 Å². The minimum atomic E-state index is 0.815. The van der Waals surface area contributed by atoms with Crippen LogP contribution in [0.1, 0.15) is 18.1 Å². The summed E-state index contributed by atoms with van der Waals surface area (Å²) in [5.41, 5.74) is 3.22. The van der Waals surface area contributed by atoms with E-state index >= 15 is 0 Å². The Hall–Kier alpha value is -1.62. The molecule has 2 N–H and O–H groups in total. The number of hydrogen-bond donors (Lipinski definition) is 2. The van der Waals surface area contributed by atoms with Crippen molar-refractivity contribution in [1.82, 2.24) is 9.97 Å². The Kier molecular flexibility index (Phi) is 4.37. The van der Waals surface area contributed by atoms with Crippen LogP contribution >= 0.6 is 15.9 Å². The standard InChI is InChI=1S/C14H17BrN4/c1-4-16-13-10(3)14(18-8-17-13)19-12-6-5-9(2)7-11(12)15/h5-8H,4H2,1-3H3,(H2,16,17,18,19). The van der Waals surface area contributed by atoms with Crippen molar-refractivity contribution >= 4 is 33.3 Å². The highest BCUT2D eigenvalue weighted by molar-refractivity contribution is 9.10. The number of nitrogens with one attached hydrogen (secondary N) is 2. The van der Waals surface area contributed by atoms with Crippen molar-refractivity contribution in [1.29, 1.82) is 0 Å². The van der Waals surface area contributed by atoms with Crippen molar-refractivity contribution in [2.45, 2.75) is 20.8 Å². The molecule has 0 aliphatic carbocycles. The van der Waals surface area contributed by atoms with Gasteiger partial charge in [-0.25, -0.2) is 9.97 Å². The van der Waals surface area contributed by atoms with Crippen LogP contribution in [-0.4, -0.2) is 16.5 Å². The van der Waals surface area contributed by atoms with Crippen molar-refractivity contribution in [2.75, 3.05) is 17.2 Å². The Balaban J connectivity index is 2.30. The molecule has 0 atom stereocenters. The van der Waals surface area contributed by atoms with Gasteiger partial charge in [-0.3, -0.25) is 0 Å². The lowest BCUT2D eigenvalue weighted by atomic mass is 10.2. The van der Waals surface area contributed by atoms with Gasteiger partial charge in [-0.1, -0.05) is 6.07 Å². The van der Waals surface area contributed by atoms with Gasteiger partial charge in [-0.2, -0.15) is 0 Å². The molecule has 0 fully saturated rings. The molecule has 0 aliphatic rings. The van der Waals surface area contributed by atoms with Gasteiger partial charge in [0, 0.05) is 16.6 Å². The number of anilines is 3. The fraction of sp³-hybridized carbons (Fsp3) is 0.286. The second kappa shape index (κ2) is 6.02. The topological polar surface area (TPSA) is 49.8 Å². The third-order valence-electron chi connectivity index (χ3n) is 2.81. The molecule has 0 saturated heterocycles. The van der Waals surface area contributed by atoms with Crippen LogP contribution in [0.4, 0.5) is 17.3 Å². The van der Waals surface area contributed by atoms with Crippen LogP contribution in [0.25, 0.3) is 0 Å². The van der Waals surface area contributed by atoms with E-state index in [0.717, 1.165) is 33.9 Å². The van der Waals surface area contributed by atoms with E-state index in [1.54, 1.807) is 6.33 Å². The summed E-state index contributed by atoms with van der Waals surface area (Å²) in [4.78, 5) is 8.53. The lowest BCUT2D eigenvalue weighted by Crippen LogP contribution is -2.05. The lowest BCUT2D eigenvalue weighted by Gasteiger charge is -2.13. The van der Waals surface area contributed by atoms with Crippen LogP contribution in [0.15, 0.2) is 29.0 Å². The van der Waals surface area contributed by atoms with E-state index in [2.05, 4.69) is 55.6 Å². The van der Waals surface area contributed by atoms with Gasteiger partial charge in [0.25, 0.3) is 0 Å². The largest absolute Gasteiger partial charge is 0.370 e. The molecule has 0 unspecified atom stereocenters. The summed E-state index contributed by atoms with van der Waals surface area (Å²) in [6.45, 7) is 6.95. The third-order valence-corrected chi connectivity index (χ3v) is 3.46. The van der Waals surface area contributed by atoms with E-state index < -0.39 is 0 Å². The first-order chi connectivity index (χ1) is 9.11. The second-order valence-electron chi connectivity index (χ2n) is 4.33. The molecule has 100 valence electrons. The average molecular weight is 321 g/mol. The minimum Gasteiger partial charge on any atom is -0.370 e. The number of halogens is 1. The Labute approximate surface area is 121 Å². The van der Waals surface area contributed by atoms with E-state index in [9.17, 15) is 0 Å². The molecule has 5 heteroatoms. The van der Waals surface area contributed by atoms with Gasteiger partial charge in [0.15, 0.2) is 0 Å². The number of aryl methyl sites for hydroxylation is 1. The van der Waals surface area contributed by atoms with Gasteiger partial charge in [0.2, 0.25) is 0 Å². The molecule has 1 heterocycles. The van der Waals surface area contributed by atoms with Gasteiger partial charge in [-0.05, 0) is 54.4 Å². The van der Waals surface area contributed by atoms with Gasteiger partial charge >= 0.3 is 0 Å². The smallest absolute Gasteiger partial charge is 0.138 e. The first-order valence-corrected chi connectivity index (χ1v) is 6.99. The van der Waals surface area contributed by atoms with E-state index in [1.165, 1.54) is 5.56 Å². The zero-order chi connectivity index (χ0) is 13.8. The number of aromatic nitrogens is 2. The monoisotopic (exact) mass is 320 g/mol. The molecule has 0 radical (unpaired) electrons. The van der Waals surface area contributed by atoms with Crippen molar-refractivity contribution in [3.63, 3.8) is 0 Å². The van der Waals surface area contributed by atoms with Crippen LogP contribution in [0.3, 0.4) is 0 Å². The molecule has 4 nitrogen and oxygen atoms in total. The Morgan fingerprint density at radius 3 is 2.58 bits per heavy atom. The fourth-order valence-electron chi connectivity index (χ4n) is 1.77. The maximum Gasteiger partial charge on any atom is 0.138 e. The molecule has 0 spiro atoms. The molecule has 1 aromatic carbocycles. The van der Waals surface area contributed by atoms with Crippen LogP contribution < -0.4 is 10.6 Å². The van der Waals surface area contributed by atoms with Gasteiger partial charge in [0.1, 0.15) is 18.0 Å². The second-order valence-corrected chi connectivity index (χ2v) is 5.19. The van der Waals surface area contributed by atoms with Crippen LogP contribution in [-0.2, 0) is 0 Å². The van der Waals surface area contributed by atoms with Crippen molar-refractivity contribution < 1.29 is 0 Å². The maximum atomic E-state index is 4.30. The summed E-state index contributed by atoms with van der Waals surface area (Å²) in [5.74, 6) is 1.68. The van der Waals surface area contributed by atoms with E-state index in [0.29, 0.717) is 0 Å². The molecule has 2 rings (SSSR count). The summed E-state index contributed by atoms with van der Waals surface area (Å²) in [6, 6.07) is 6.17. The molecular formula is C14H17BrN4. The number of benzene rings is 1. The Morgan fingerprint density at radius 1 is 1.16 bits per heavy atom. The summed E-state index contributed by atoms with van der Waals surface area (Å²) in [6.07, 6.45) is 1.56. The highest BCUT2D eigenvalue weighted by Gasteiger charge is 2.08. The van der Waals surface area contributed by atoms with Crippen LogP contribution in [0.2, 0.25) is 0 Å². The first-order valence-electron chi connectivity index (χ1n) is 6.20. The van der Waals surface area contributed by atoms with Crippen molar-refractivity contribution in [3.05, 3.63) is 40.1 Å². The van der Waals surface area contributed by atoms with Gasteiger partial charge < -0.3 is 10.6 Å². The molecule has 0 bridgehead atoms. The average Bonchev–Trinajstić information content (AvgIpc) is 2.37. The molecule has 1 aromatic heterocycles. The fourth-order valence-corrected chi connectivity index (χ4v) is 2.36. The molecule has 0 saturated carbocycles. The summed E-state index contributed by atoms with van der Waals surface area (Å²) >= 11 is 3.56. The zero-order valence-corrected chi connectivity index (χ0v) is 12.9. The minimum absolute atomic E-state index is 0.815. The SMILES string of the molecule is CCNc1ncnc(Nc2ccc(C)cc2Br)c1C. The number of hydrogen-bond acceptors (Lipinski definition) is 4. The third kappa shape index (κ3) is 3.23. The van der Waals surface area contributed by atoms with Crippen molar-refractivity contribution in [3.8, 4) is 0 Å². The van der Waals surface area contributed by atoms with Crippen molar-refractivity contribution in [2.24, 2.45) is 0 Å². The predicted molar refractivity (Wildman–Crippen MR) is 83.1 cm³/mol. The van der Waals surface area contributed by atoms with E-state index in [-0.39, 0.29) is 0 Å². The highest BCUT2D eigenvalue weighted by Crippen LogP contribution is 2.28. The molecule has 2 aromatic rings. The Morgan fingerprint density at radius 2 is 1.89 bits per heavy atom. The quantitative estimate of drug-likeness (QED) is 0.892. The highest BCUT2D eigenvalue weighted by atomic mass is 79.9. The van der Waals surface area contributed by atoms with Crippen LogP contribution in [0, 0.1) is 13.8 Å². The first kappa shape index (κ1) is 13.8. The number of rotatable bonds is 4. The predicted octanol–water partition coefficient (Wildman–Crippen LogP) is 4.03. The number of nitrogens with zero attached hydrogens (tertiary/aromatic N) is 2. The van der Waals surface area contributed by atoms with E-state index in [4.69, 9.17) is 0 Å². The molecule has 0 aliphatic heterocycles. The van der Waals surface area contributed by atoms with Gasteiger partial charge in [-0.15, -0.1) is 0 Å². The lowest BCUT2D eigenvalue weighted by molar-refractivity contribution is 1.08. The zero-order valence-electron chi connectivity index (χ0n) is 11.3. The summed E-state index contributed by atoms with van der Waals surface area (Å²) < 4.78 is 1.02. The molecule has 0 amide bonds. The van der Waals surface area contributed by atoms with Gasteiger partial charge in [0.05, 0.1) is 5.69 Å².